The Morgan fingerprint density at radius 3 is 2.10 bits per heavy atom. The molecule has 0 spiro atoms. The number of pyridine rings is 1. The molecule has 2 amide bonds. The highest BCUT2D eigenvalue weighted by molar-refractivity contribution is 7.92. The molecule has 0 saturated carbocycles. The molecule has 0 aliphatic heterocycles. The Bertz CT molecular complexity index is 1200. The molecule has 0 atom stereocenters. The van der Waals surface area contributed by atoms with Crippen molar-refractivity contribution in [1.29, 1.82) is 0 Å². The fourth-order valence-electron chi connectivity index (χ4n) is 2.65. The average molecular weight is 440 g/mol. The molecule has 1 heterocycles. The van der Waals surface area contributed by atoms with Gasteiger partial charge in [0, 0.05) is 30.7 Å². The van der Waals surface area contributed by atoms with Crippen molar-refractivity contribution in [2.75, 3.05) is 21.6 Å². The van der Waals surface area contributed by atoms with E-state index in [1.165, 1.54) is 25.1 Å². The third kappa shape index (κ3) is 6.54. The molecular weight excluding hydrogens is 420 g/mol. The molecule has 2 aromatic carbocycles. The Labute approximate surface area is 179 Å². The molecule has 3 aromatic rings. The van der Waals surface area contributed by atoms with Gasteiger partial charge in [0.2, 0.25) is 15.9 Å². The van der Waals surface area contributed by atoms with Gasteiger partial charge in [0.1, 0.15) is 11.5 Å². The number of carbonyl (C=O) groups is 2. The summed E-state index contributed by atoms with van der Waals surface area (Å²) in [5.41, 5.74) is 0.973. The standard InChI is InChI=1S/C21H20N4O5S/c1-14(26)23-16-5-8-20(25-31(2,28)29)19(13-16)21(27)24-15-3-6-17(7-4-15)30-18-9-11-22-12-10-18/h3-13,25H,1-2H3,(H,23,26)(H,24,27). The van der Waals surface area contributed by atoms with E-state index >= 15 is 0 Å². The molecule has 3 N–H and O–H groups in total. The van der Waals surface area contributed by atoms with Crippen LogP contribution in [0.3, 0.4) is 0 Å². The minimum Gasteiger partial charge on any atom is -0.457 e. The quantitative estimate of drug-likeness (QED) is 0.516. The summed E-state index contributed by atoms with van der Waals surface area (Å²) < 4.78 is 31.3. The summed E-state index contributed by atoms with van der Waals surface area (Å²) in [4.78, 5) is 28.1. The molecule has 0 fully saturated rings. The zero-order chi connectivity index (χ0) is 22.4. The van der Waals surface area contributed by atoms with Crippen LogP contribution in [0.5, 0.6) is 11.5 Å². The molecule has 0 aliphatic rings. The Balaban J connectivity index is 1.80. The minimum absolute atomic E-state index is 0.0498. The lowest BCUT2D eigenvalue weighted by Gasteiger charge is -2.13. The molecule has 0 aliphatic carbocycles. The van der Waals surface area contributed by atoms with Crippen LogP contribution in [0.4, 0.5) is 17.1 Å². The van der Waals surface area contributed by atoms with Crippen molar-refractivity contribution in [2.45, 2.75) is 6.92 Å². The Hall–Kier alpha value is -3.92. The van der Waals surface area contributed by atoms with Gasteiger partial charge in [-0.2, -0.15) is 0 Å². The summed E-state index contributed by atoms with van der Waals surface area (Å²) >= 11 is 0. The summed E-state index contributed by atoms with van der Waals surface area (Å²) in [5.74, 6) is 0.315. The average Bonchev–Trinajstić information content (AvgIpc) is 2.70. The molecule has 0 saturated heterocycles. The first-order chi connectivity index (χ1) is 14.7. The number of anilines is 3. The van der Waals surface area contributed by atoms with Crippen LogP contribution in [0.1, 0.15) is 17.3 Å². The van der Waals surface area contributed by atoms with E-state index in [-0.39, 0.29) is 17.2 Å². The fourth-order valence-corrected chi connectivity index (χ4v) is 3.23. The SMILES string of the molecule is CC(=O)Nc1ccc(NS(C)(=O)=O)c(C(=O)Nc2ccc(Oc3ccncc3)cc2)c1. The molecule has 3 rings (SSSR count). The lowest BCUT2D eigenvalue weighted by Crippen LogP contribution is -2.18. The maximum absolute atomic E-state index is 12.8. The summed E-state index contributed by atoms with van der Waals surface area (Å²) in [6.45, 7) is 1.33. The highest BCUT2D eigenvalue weighted by Gasteiger charge is 2.16. The Morgan fingerprint density at radius 2 is 1.48 bits per heavy atom. The van der Waals surface area contributed by atoms with Gasteiger partial charge >= 0.3 is 0 Å². The van der Waals surface area contributed by atoms with Gasteiger partial charge < -0.3 is 15.4 Å². The molecule has 31 heavy (non-hydrogen) atoms. The van der Waals surface area contributed by atoms with E-state index in [0.717, 1.165) is 6.26 Å². The predicted molar refractivity (Wildman–Crippen MR) is 118 cm³/mol. The normalized spacial score (nSPS) is 10.8. The first-order valence-corrected chi connectivity index (χ1v) is 11.0. The molecule has 10 heteroatoms. The number of ether oxygens (including phenoxy) is 1. The zero-order valence-electron chi connectivity index (χ0n) is 16.7. The number of sulfonamides is 1. The second-order valence-corrected chi connectivity index (χ2v) is 8.33. The van der Waals surface area contributed by atoms with Crippen LogP contribution in [-0.4, -0.2) is 31.5 Å². The van der Waals surface area contributed by atoms with Crippen LogP contribution in [0.15, 0.2) is 67.0 Å². The number of benzene rings is 2. The molecule has 0 bridgehead atoms. The fraction of sp³-hybridized carbons (Fsp3) is 0.0952. The third-order valence-electron chi connectivity index (χ3n) is 3.88. The molecule has 1 aromatic heterocycles. The van der Waals surface area contributed by atoms with Gasteiger partial charge in [0.25, 0.3) is 5.91 Å². The van der Waals surface area contributed by atoms with Crippen molar-refractivity contribution >= 4 is 38.9 Å². The van der Waals surface area contributed by atoms with Gasteiger partial charge in [-0.25, -0.2) is 8.42 Å². The van der Waals surface area contributed by atoms with Crippen LogP contribution < -0.4 is 20.1 Å². The van der Waals surface area contributed by atoms with E-state index in [1.807, 2.05) is 0 Å². The number of hydrogen-bond acceptors (Lipinski definition) is 6. The van der Waals surface area contributed by atoms with E-state index in [1.54, 1.807) is 48.8 Å². The summed E-state index contributed by atoms with van der Waals surface area (Å²) in [6.07, 6.45) is 4.21. The Kier molecular flexibility index (Phi) is 6.51. The predicted octanol–water partition coefficient (Wildman–Crippen LogP) is 3.46. The lowest BCUT2D eigenvalue weighted by atomic mass is 10.1. The number of hydrogen-bond donors (Lipinski definition) is 3. The van der Waals surface area contributed by atoms with Crippen LogP contribution in [0.2, 0.25) is 0 Å². The first-order valence-electron chi connectivity index (χ1n) is 9.08. The van der Waals surface area contributed by atoms with E-state index in [9.17, 15) is 18.0 Å². The molecular formula is C21H20N4O5S. The summed E-state index contributed by atoms with van der Waals surface area (Å²) in [7, 11) is -3.62. The molecule has 0 unspecified atom stereocenters. The van der Waals surface area contributed by atoms with Gasteiger partial charge in [-0.05, 0) is 54.6 Å². The van der Waals surface area contributed by atoms with Gasteiger partial charge in [0.05, 0.1) is 17.5 Å². The van der Waals surface area contributed by atoms with Crippen molar-refractivity contribution in [2.24, 2.45) is 0 Å². The second-order valence-electron chi connectivity index (χ2n) is 6.58. The largest absolute Gasteiger partial charge is 0.457 e. The topological polar surface area (TPSA) is 126 Å². The van der Waals surface area contributed by atoms with Crippen molar-refractivity contribution in [3.8, 4) is 11.5 Å². The highest BCUT2D eigenvalue weighted by Crippen LogP contribution is 2.25. The van der Waals surface area contributed by atoms with Crippen LogP contribution >= 0.6 is 0 Å². The number of rotatable bonds is 7. The van der Waals surface area contributed by atoms with Crippen LogP contribution in [-0.2, 0) is 14.8 Å². The van der Waals surface area contributed by atoms with Crippen molar-refractivity contribution in [3.63, 3.8) is 0 Å². The van der Waals surface area contributed by atoms with E-state index < -0.39 is 15.9 Å². The van der Waals surface area contributed by atoms with Crippen LogP contribution in [0.25, 0.3) is 0 Å². The van der Waals surface area contributed by atoms with E-state index in [0.29, 0.717) is 22.9 Å². The monoisotopic (exact) mass is 440 g/mol. The third-order valence-corrected chi connectivity index (χ3v) is 4.47. The van der Waals surface area contributed by atoms with Gasteiger partial charge in [-0.15, -0.1) is 0 Å². The van der Waals surface area contributed by atoms with E-state index in [4.69, 9.17) is 4.74 Å². The van der Waals surface area contributed by atoms with Gasteiger partial charge in [-0.1, -0.05) is 0 Å². The van der Waals surface area contributed by atoms with Crippen molar-refractivity contribution < 1.29 is 22.7 Å². The van der Waals surface area contributed by atoms with Crippen LogP contribution in [0, 0.1) is 0 Å². The number of nitrogens with one attached hydrogen (secondary N) is 3. The summed E-state index contributed by atoms with van der Waals surface area (Å²) in [5, 5.41) is 5.27. The second kappa shape index (κ2) is 9.26. The first kappa shape index (κ1) is 21.8. The smallest absolute Gasteiger partial charge is 0.257 e. The highest BCUT2D eigenvalue weighted by atomic mass is 32.2. The number of carbonyl (C=O) groups excluding carboxylic acids is 2. The molecule has 0 radical (unpaired) electrons. The van der Waals surface area contributed by atoms with Gasteiger partial charge in [-0.3, -0.25) is 19.3 Å². The Morgan fingerprint density at radius 1 is 0.871 bits per heavy atom. The lowest BCUT2D eigenvalue weighted by molar-refractivity contribution is -0.114. The summed E-state index contributed by atoms with van der Waals surface area (Å²) in [6, 6.07) is 14.4. The van der Waals surface area contributed by atoms with E-state index in [2.05, 4.69) is 20.3 Å². The maximum Gasteiger partial charge on any atom is 0.257 e. The molecule has 9 nitrogen and oxygen atoms in total. The number of amides is 2. The number of nitrogens with zero attached hydrogens (tertiary/aromatic N) is 1. The maximum atomic E-state index is 12.8. The zero-order valence-corrected chi connectivity index (χ0v) is 17.6. The van der Waals surface area contributed by atoms with Gasteiger partial charge in [0.15, 0.2) is 0 Å². The van der Waals surface area contributed by atoms with Crippen molar-refractivity contribution in [1.82, 2.24) is 4.98 Å². The number of aromatic nitrogens is 1. The van der Waals surface area contributed by atoms with Crippen molar-refractivity contribution in [3.05, 3.63) is 72.6 Å². The molecule has 160 valence electrons. The minimum atomic E-state index is -3.62.